The largest absolute Gasteiger partial charge is 0.386 e. The SMILES string of the molecule is OC(Cc1cncs1)c1ncc(Br)cc1Br. The molecule has 2 heterocycles. The molecule has 6 heteroatoms. The van der Waals surface area contributed by atoms with Gasteiger partial charge in [-0.2, -0.15) is 0 Å². The molecule has 0 aromatic carbocycles. The molecule has 2 rings (SSSR count). The lowest BCUT2D eigenvalue weighted by molar-refractivity contribution is 0.173. The molecule has 0 fully saturated rings. The van der Waals surface area contributed by atoms with Gasteiger partial charge in [0, 0.05) is 32.6 Å². The minimum atomic E-state index is -0.608. The quantitative estimate of drug-likeness (QED) is 0.909. The predicted octanol–water partition coefficient (Wildman–Crippen LogP) is 3.34. The molecule has 0 amide bonds. The lowest BCUT2D eigenvalue weighted by Crippen LogP contribution is -2.04. The molecule has 0 radical (unpaired) electrons. The monoisotopic (exact) mass is 362 g/mol. The molecular weight excluding hydrogens is 356 g/mol. The summed E-state index contributed by atoms with van der Waals surface area (Å²) in [6, 6.07) is 1.87. The van der Waals surface area contributed by atoms with Gasteiger partial charge < -0.3 is 5.11 Å². The van der Waals surface area contributed by atoms with E-state index in [1.54, 1.807) is 17.9 Å². The van der Waals surface area contributed by atoms with Crippen molar-refractivity contribution < 1.29 is 5.11 Å². The fourth-order valence-corrected chi connectivity index (χ4v) is 3.19. The van der Waals surface area contributed by atoms with Crippen LogP contribution in [0.25, 0.3) is 0 Å². The molecule has 0 saturated heterocycles. The Labute approximate surface area is 114 Å². The van der Waals surface area contributed by atoms with Gasteiger partial charge in [-0.1, -0.05) is 0 Å². The van der Waals surface area contributed by atoms with Gasteiger partial charge in [0.05, 0.1) is 11.2 Å². The van der Waals surface area contributed by atoms with Gasteiger partial charge in [-0.25, -0.2) is 0 Å². The van der Waals surface area contributed by atoms with Crippen molar-refractivity contribution in [2.24, 2.45) is 0 Å². The van der Waals surface area contributed by atoms with Crippen molar-refractivity contribution in [3.63, 3.8) is 0 Å². The summed E-state index contributed by atoms with van der Waals surface area (Å²) in [4.78, 5) is 9.22. The van der Waals surface area contributed by atoms with Crippen molar-refractivity contribution >= 4 is 43.2 Å². The van der Waals surface area contributed by atoms with Gasteiger partial charge in [-0.05, 0) is 37.9 Å². The zero-order valence-corrected chi connectivity index (χ0v) is 12.1. The van der Waals surface area contributed by atoms with Gasteiger partial charge in [-0.3, -0.25) is 9.97 Å². The smallest absolute Gasteiger partial charge is 0.102 e. The Morgan fingerprint density at radius 1 is 1.38 bits per heavy atom. The van der Waals surface area contributed by atoms with Crippen molar-refractivity contribution in [2.45, 2.75) is 12.5 Å². The molecule has 0 saturated carbocycles. The molecule has 3 nitrogen and oxygen atoms in total. The standard InChI is InChI=1S/C10H8Br2N2OS/c11-6-1-8(12)10(14-3-6)9(15)2-7-4-13-5-16-7/h1,3-5,9,15H,2H2. The van der Waals surface area contributed by atoms with Crippen LogP contribution in [-0.4, -0.2) is 15.1 Å². The van der Waals surface area contributed by atoms with Crippen LogP contribution in [-0.2, 0) is 6.42 Å². The van der Waals surface area contributed by atoms with E-state index in [9.17, 15) is 5.11 Å². The van der Waals surface area contributed by atoms with Crippen molar-refractivity contribution in [1.29, 1.82) is 0 Å². The summed E-state index contributed by atoms with van der Waals surface area (Å²) in [5, 5.41) is 10.0. The van der Waals surface area contributed by atoms with Crippen LogP contribution < -0.4 is 0 Å². The van der Waals surface area contributed by atoms with Crippen LogP contribution in [0.5, 0.6) is 0 Å². The molecule has 0 aliphatic carbocycles. The van der Waals surface area contributed by atoms with Crippen molar-refractivity contribution in [3.8, 4) is 0 Å². The number of aliphatic hydroxyl groups excluding tert-OH is 1. The van der Waals surface area contributed by atoms with E-state index in [0.29, 0.717) is 12.1 Å². The van der Waals surface area contributed by atoms with Gasteiger partial charge in [-0.15, -0.1) is 11.3 Å². The molecule has 0 aliphatic heterocycles. The highest BCUT2D eigenvalue weighted by Crippen LogP contribution is 2.27. The van der Waals surface area contributed by atoms with Crippen LogP contribution in [0.2, 0.25) is 0 Å². The summed E-state index contributed by atoms with van der Waals surface area (Å²) >= 11 is 8.24. The Kier molecular flexibility index (Phi) is 4.07. The highest BCUT2D eigenvalue weighted by molar-refractivity contribution is 9.11. The number of halogens is 2. The normalized spacial score (nSPS) is 12.7. The van der Waals surface area contributed by atoms with Crippen molar-refractivity contribution in [2.75, 3.05) is 0 Å². The number of hydrogen-bond donors (Lipinski definition) is 1. The van der Waals surface area contributed by atoms with Crippen LogP contribution >= 0.6 is 43.2 Å². The van der Waals surface area contributed by atoms with Gasteiger partial charge in [0.25, 0.3) is 0 Å². The van der Waals surface area contributed by atoms with Crippen LogP contribution in [0.15, 0.2) is 32.9 Å². The van der Waals surface area contributed by atoms with Crippen LogP contribution in [0.1, 0.15) is 16.7 Å². The van der Waals surface area contributed by atoms with Gasteiger partial charge in [0.1, 0.15) is 6.10 Å². The Bertz CT molecular complexity index is 476. The van der Waals surface area contributed by atoms with E-state index in [4.69, 9.17) is 0 Å². The third-order valence-electron chi connectivity index (χ3n) is 2.03. The maximum Gasteiger partial charge on any atom is 0.102 e. The molecule has 2 aromatic rings. The molecule has 1 unspecified atom stereocenters. The maximum atomic E-state index is 10.0. The number of rotatable bonds is 3. The van der Waals surface area contributed by atoms with Crippen LogP contribution in [0.4, 0.5) is 0 Å². The van der Waals surface area contributed by atoms with Gasteiger partial charge in [0.15, 0.2) is 0 Å². The zero-order chi connectivity index (χ0) is 11.5. The van der Waals surface area contributed by atoms with E-state index in [0.717, 1.165) is 13.8 Å². The van der Waals surface area contributed by atoms with Crippen molar-refractivity contribution in [1.82, 2.24) is 9.97 Å². The molecule has 16 heavy (non-hydrogen) atoms. The average molecular weight is 364 g/mol. The number of aliphatic hydroxyl groups is 1. The molecule has 1 N–H and O–H groups in total. The van der Waals surface area contributed by atoms with E-state index >= 15 is 0 Å². The van der Waals surface area contributed by atoms with E-state index in [-0.39, 0.29) is 0 Å². The summed E-state index contributed by atoms with van der Waals surface area (Å²) < 4.78 is 1.69. The van der Waals surface area contributed by atoms with Crippen molar-refractivity contribution in [3.05, 3.63) is 43.5 Å². The van der Waals surface area contributed by atoms with E-state index in [1.165, 1.54) is 11.3 Å². The second-order valence-corrected chi connectivity index (χ2v) is 5.95. The average Bonchev–Trinajstić information content (AvgIpc) is 2.70. The molecule has 1 atom stereocenters. The minimum Gasteiger partial charge on any atom is -0.386 e. The lowest BCUT2D eigenvalue weighted by atomic mass is 10.1. The lowest BCUT2D eigenvalue weighted by Gasteiger charge is -2.10. The topological polar surface area (TPSA) is 46.0 Å². The summed E-state index contributed by atoms with van der Waals surface area (Å²) in [7, 11) is 0. The Morgan fingerprint density at radius 3 is 2.81 bits per heavy atom. The highest BCUT2D eigenvalue weighted by atomic mass is 79.9. The first-order valence-electron chi connectivity index (χ1n) is 4.53. The fourth-order valence-electron chi connectivity index (χ4n) is 1.30. The van der Waals surface area contributed by atoms with Gasteiger partial charge >= 0.3 is 0 Å². The molecule has 0 bridgehead atoms. The molecule has 0 spiro atoms. The van der Waals surface area contributed by atoms with Crippen LogP contribution in [0.3, 0.4) is 0 Å². The van der Waals surface area contributed by atoms with E-state index in [1.807, 2.05) is 6.07 Å². The second-order valence-electron chi connectivity index (χ2n) is 3.21. The number of hydrogen-bond acceptors (Lipinski definition) is 4. The molecule has 84 valence electrons. The van der Waals surface area contributed by atoms with Gasteiger partial charge in [0.2, 0.25) is 0 Å². The summed E-state index contributed by atoms with van der Waals surface area (Å²) in [6.45, 7) is 0. The minimum absolute atomic E-state index is 0.540. The maximum absolute atomic E-state index is 10.0. The summed E-state index contributed by atoms with van der Waals surface area (Å²) in [5.41, 5.74) is 2.41. The number of nitrogens with zero attached hydrogens (tertiary/aromatic N) is 2. The van der Waals surface area contributed by atoms with E-state index in [2.05, 4.69) is 41.8 Å². The number of pyridine rings is 1. The first kappa shape index (κ1) is 12.2. The first-order valence-corrected chi connectivity index (χ1v) is 7.00. The summed E-state index contributed by atoms with van der Waals surface area (Å²) in [6.07, 6.45) is 3.37. The second kappa shape index (κ2) is 5.35. The highest BCUT2D eigenvalue weighted by Gasteiger charge is 2.14. The third kappa shape index (κ3) is 2.88. The third-order valence-corrected chi connectivity index (χ3v) is 3.90. The van der Waals surface area contributed by atoms with E-state index < -0.39 is 6.10 Å². The zero-order valence-electron chi connectivity index (χ0n) is 8.10. The Morgan fingerprint density at radius 2 is 2.19 bits per heavy atom. The number of aromatic nitrogens is 2. The predicted molar refractivity (Wildman–Crippen MR) is 70.4 cm³/mol. The number of thiazole rings is 1. The van der Waals surface area contributed by atoms with Crippen LogP contribution in [0, 0.1) is 0 Å². The Hall–Kier alpha value is -0.300. The molecule has 0 aliphatic rings. The molecular formula is C10H8Br2N2OS. The fraction of sp³-hybridized carbons (Fsp3) is 0.200. The summed E-state index contributed by atoms with van der Waals surface area (Å²) in [5.74, 6) is 0. The first-order chi connectivity index (χ1) is 7.66. The molecule has 2 aromatic heterocycles. The Balaban J connectivity index is 2.17.